The van der Waals surface area contributed by atoms with Crippen molar-refractivity contribution in [1.29, 1.82) is 0 Å². The molecule has 0 aliphatic rings. The number of rotatable bonds is 13. The van der Waals surface area contributed by atoms with Crippen molar-refractivity contribution in [2.45, 2.75) is 0 Å². The number of anilines is 2. The molecule has 0 saturated carbocycles. The summed E-state index contributed by atoms with van der Waals surface area (Å²) in [4.78, 5) is 43.8. The highest BCUT2D eigenvalue weighted by Gasteiger charge is 2.22. The Hall–Kier alpha value is -4.46. The van der Waals surface area contributed by atoms with Gasteiger partial charge in [-0.2, -0.15) is 0 Å². The first kappa shape index (κ1) is 24.8. The molecule has 0 aliphatic carbocycles. The van der Waals surface area contributed by atoms with Crippen molar-refractivity contribution in [3.8, 4) is 5.75 Å². The van der Waals surface area contributed by atoms with Gasteiger partial charge in [0.1, 0.15) is 11.4 Å². The third-order valence-electron chi connectivity index (χ3n) is 4.37. The number of nitro groups is 2. The predicted octanol–water partition coefficient (Wildman–Crippen LogP) is 1.25. The van der Waals surface area contributed by atoms with E-state index in [1.807, 2.05) is 0 Å². The van der Waals surface area contributed by atoms with Crippen molar-refractivity contribution in [2.24, 2.45) is 11.5 Å². The first-order chi connectivity index (χ1) is 15.6. The van der Waals surface area contributed by atoms with Gasteiger partial charge >= 0.3 is 0 Å². The average Bonchev–Trinajstić information content (AvgIpc) is 2.77. The molecule has 2 amide bonds. The molecule has 2 aromatic carbocycles. The van der Waals surface area contributed by atoms with Crippen LogP contribution in [0.1, 0.15) is 20.7 Å². The molecule has 0 heterocycles. The minimum Gasteiger partial charge on any atom is -0.494 e. The third kappa shape index (κ3) is 6.51. The van der Waals surface area contributed by atoms with Gasteiger partial charge in [-0.3, -0.25) is 29.8 Å². The fraction of sp³-hybridized carbons (Fsp3) is 0.263. The Bertz CT molecular complexity index is 1070. The van der Waals surface area contributed by atoms with E-state index in [1.165, 1.54) is 25.3 Å². The number of methoxy groups -OCH3 is 1. The number of amides is 2. The maximum Gasteiger partial charge on any atom is 0.296 e. The summed E-state index contributed by atoms with van der Waals surface area (Å²) in [5.41, 5.74) is 9.86. The van der Waals surface area contributed by atoms with Crippen LogP contribution in [0.3, 0.4) is 0 Å². The number of benzene rings is 2. The SMILES string of the molecule is COc1cc(C(N)=O)cc([N+](=O)[O-])c1NCCOCCNc1ccc(C(N)=O)cc1[N+](=O)[O-]. The molecule has 14 heteroatoms. The van der Waals surface area contributed by atoms with E-state index in [2.05, 4.69) is 10.6 Å². The van der Waals surface area contributed by atoms with Crippen molar-refractivity contribution in [3.05, 3.63) is 61.7 Å². The highest BCUT2D eigenvalue weighted by Crippen LogP contribution is 2.35. The monoisotopic (exact) mass is 462 g/mol. The van der Waals surface area contributed by atoms with Crippen LogP contribution >= 0.6 is 0 Å². The molecule has 33 heavy (non-hydrogen) atoms. The third-order valence-corrected chi connectivity index (χ3v) is 4.37. The Balaban J connectivity index is 1.90. The summed E-state index contributed by atoms with van der Waals surface area (Å²) in [7, 11) is 1.30. The molecule has 6 N–H and O–H groups in total. The summed E-state index contributed by atoms with van der Waals surface area (Å²) in [5, 5.41) is 28.2. The van der Waals surface area contributed by atoms with Crippen molar-refractivity contribution in [2.75, 3.05) is 44.0 Å². The van der Waals surface area contributed by atoms with E-state index in [1.54, 1.807) is 0 Å². The van der Waals surface area contributed by atoms with Gasteiger partial charge in [0.25, 0.3) is 11.4 Å². The van der Waals surface area contributed by atoms with Crippen LogP contribution in [0.15, 0.2) is 30.3 Å². The van der Waals surface area contributed by atoms with Gasteiger partial charge in [-0.15, -0.1) is 0 Å². The fourth-order valence-electron chi connectivity index (χ4n) is 2.82. The molecule has 2 aromatic rings. The molecule has 0 unspecified atom stereocenters. The van der Waals surface area contributed by atoms with Crippen LogP contribution in [0.2, 0.25) is 0 Å². The zero-order chi connectivity index (χ0) is 24.5. The lowest BCUT2D eigenvalue weighted by Gasteiger charge is -2.13. The number of carbonyl (C=O) groups excluding carboxylic acids is 2. The van der Waals surface area contributed by atoms with Crippen LogP contribution in [-0.2, 0) is 4.74 Å². The summed E-state index contributed by atoms with van der Waals surface area (Å²) < 4.78 is 10.5. The van der Waals surface area contributed by atoms with Crippen molar-refractivity contribution in [1.82, 2.24) is 0 Å². The number of nitrogens with zero attached hydrogens (tertiary/aromatic N) is 2. The number of primary amides is 2. The lowest BCUT2D eigenvalue weighted by molar-refractivity contribution is -0.384. The quantitative estimate of drug-likeness (QED) is 0.190. The van der Waals surface area contributed by atoms with Gasteiger partial charge in [-0.1, -0.05) is 0 Å². The molecule has 0 aromatic heterocycles. The van der Waals surface area contributed by atoms with E-state index in [0.29, 0.717) is 0 Å². The number of carbonyl (C=O) groups is 2. The summed E-state index contributed by atoms with van der Waals surface area (Å²) >= 11 is 0. The molecule has 0 atom stereocenters. The largest absolute Gasteiger partial charge is 0.494 e. The topological polar surface area (TPSA) is 215 Å². The molecule has 0 aliphatic heterocycles. The number of nitrogens with two attached hydrogens (primary N) is 2. The molecule has 176 valence electrons. The normalized spacial score (nSPS) is 10.3. The van der Waals surface area contributed by atoms with Crippen LogP contribution < -0.4 is 26.8 Å². The van der Waals surface area contributed by atoms with E-state index in [0.717, 1.165) is 12.1 Å². The van der Waals surface area contributed by atoms with E-state index in [4.69, 9.17) is 20.9 Å². The Morgan fingerprint density at radius 1 is 0.909 bits per heavy atom. The number of nitro benzene ring substituents is 2. The van der Waals surface area contributed by atoms with E-state index >= 15 is 0 Å². The standard InChI is InChI=1S/C19H22N6O8/c1-32-16-10-12(19(21)27)9-15(25(30)31)17(16)23-5-7-33-6-4-22-13-3-2-11(18(20)26)8-14(13)24(28)29/h2-3,8-10,22-23H,4-7H2,1H3,(H2,20,26)(H2,21,27). The highest BCUT2D eigenvalue weighted by atomic mass is 16.6. The van der Waals surface area contributed by atoms with Crippen molar-refractivity contribution >= 4 is 34.6 Å². The molecule has 0 radical (unpaired) electrons. The van der Waals surface area contributed by atoms with Crippen LogP contribution in [0.25, 0.3) is 0 Å². The molecule has 0 saturated heterocycles. The zero-order valence-electron chi connectivity index (χ0n) is 17.5. The van der Waals surface area contributed by atoms with Gasteiger partial charge in [0.2, 0.25) is 11.8 Å². The highest BCUT2D eigenvalue weighted by molar-refractivity contribution is 5.96. The van der Waals surface area contributed by atoms with E-state index in [9.17, 15) is 29.8 Å². The Morgan fingerprint density at radius 2 is 1.48 bits per heavy atom. The van der Waals surface area contributed by atoms with Crippen LogP contribution in [-0.4, -0.2) is 55.1 Å². The first-order valence-electron chi connectivity index (χ1n) is 9.45. The fourth-order valence-corrected chi connectivity index (χ4v) is 2.82. The smallest absolute Gasteiger partial charge is 0.296 e. The second-order valence-electron chi connectivity index (χ2n) is 6.51. The predicted molar refractivity (Wildman–Crippen MR) is 118 cm³/mol. The number of nitrogens with one attached hydrogen (secondary N) is 2. The van der Waals surface area contributed by atoms with Gasteiger partial charge < -0.3 is 31.6 Å². The van der Waals surface area contributed by atoms with Crippen molar-refractivity contribution < 1.29 is 28.9 Å². The molecule has 0 bridgehead atoms. The molecule has 2 rings (SSSR count). The average molecular weight is 462 g/mol. The Kier molecular flexibility index (Phi) is 8.45. The second kappa shape index (κ2) is 11.2. The van der Waals surface area contributed by atoms with Gasteiger partial charge in [-0.25, -0.2) is 0 Å². The Morgan fingerprint density at radius 3 is 2.03 bits per heavy atom. The molecular formula is C19H22N6O8. The molecule has 0 spiro atoms. The number of ether oxygens (including phenoxy) is 2. The first-order valence-corrected chi connectivity index (χ1v) is 9.45. The maximum atomic E-state index is 11.4. The summed E-state index contributed by atoms with van der Waals surface area (Å²) in [5.74, 6) is -1.53. The minimum absolute atomic E-state index is 0.0166. The van der Waals surface area contributed by atoms with Gasteiger partial charge in [0.05, 0.1) is 30.2 Å². The summed E-state index contributed by atoms with van der Waals surface area (Å²) in [6, 6.07) is 6.17. The minimum atomic E-state index is -0.830. The zero-order valence-corrected chi connectivity index (χ0v) is 17.5. The summed E-state index contributed by atoms with van der Waals surface area (Å²) in [6.07, 6.45) is 0. The van der Waals surface area contributed by atoms with Gasteiger partial charge in [-0.05, 0) is 18.2 Å². The molecule has 14 nitrogen and oxygen atoms in total. The number of hydrogen-bond acceptors (Lipinski definition) is 10. The van der Waals surface area contributed by atoms with E-state index in [-0.39, 0.29) is 65.9 Å². The van der Waals surface area contributed by atoms with Gasteiger partial charge in [0, 0.05) is 36.3 Å². The van der Waals surface area contributed by atoms with Crippen LogP contribution in [0, 0.1) is 20.2 Å². The Labute approximate surface area is 187 Å². The lowest BCUT2D eigenvalue weighted by atomic mass is 10.1. The second-order valence-corrected chi connectivity index (χ2v) is 6.51. The number of hydrogen-bond donors (Lipinski definition) is 4. The lowest BCUT2D eigenvalue weighted by Crippen LogP contribution is -2.17. The summed E-state index contributed by atoms with van der Waals surface area (Å²) in [6.45, 7) is 0.687. The van der Waals surface area contributed by atoms with Crippen molar-refractivity contribution in [3.63, 3.8) is 0 Å². The molecular weight excluding hydrogens is 440 g/mol. The maximum absolute atomic E-state index is 11.4. The van der Waals surface area contributed by atoms with Crippen LogP contribution in [0.4, 0.5) is 22.7 Å². The van der Waals surface area contributed by atoms with E-state index < -0.39 is 21.7 Å². The van der Waals surface area contributed by atoms with Crippen LogP contribution in [0.5, 0.6) is 5.75 Å². The van der Waals surface area contributed by atoms with Gasteiger partial charge in [0.15, 0.2) is 5.69 Å². The molecule has 0 fully saturated rings.